The van der Waals surface area contributed by atoms with E-state index >= 15 is 0 Å². The third-order valence-electron chi connectivity index (χ3n) is 3.58. The molecule has 0 radical (unpaired) electrons. The molecule has 0 bridgehead atoms. The van der Waals surface area contributed by atoms with Crippen LogP contribution in [0.4, 0.5) is 14.5 Å². The average molecular weight is 283 g/mol. The van der Waals surface area contributed by atoms with Crippen LogP contribution < -0.4 is 5.32 Å². The van der Waals surface area contributed by atoms with Gasteiger partial charge in [0.15, 0.2) is 11.6 Å². The van der Waals surface area contributed by atoms with E-state index in [-0.39, 0.29) is 6.04 Å². The number of anilines is 1. The molecule has 3 rings (SSSR count). The van der Waals surface area contributed by atoms with Gasteiger partial charge in [0, 0.05) is 17.8 Å². The first-order valence-corrected chi connectivity index (χ1v) is 6.84. The van der Waals surface area contributed by atoms with Crippen LogP contribution in [0.1, 0.15) is 18.5 Å². The summed E-state index contributed by atoms with van der Waals surface area (Å²) in [4.78, 5) is 0. The molecule has 0 heterocycles. The largest absolute Gasteiger partial charge is 0.378 e. The van der Waals surface area contributed by atoms with Gasteiger partial charge in [-0.1, -0.05) is 36.4 Å². The highest BCUT2D eigenvalue weighted by Gasteiger charge is 2.08. The zero-order valence-electron chi connectivity index (χ0n) is 11.6. The maximum absolute atomic E-state index is 13.2. The van der Waals surface area contributed by atoms with E-state index in [0.29, 0.717) is 5.69 Å². The molecule has 1 N–H and O–H groups in total. The molecule has 0 amide bonds. The molecule has 0 fully saturated rings. The number of hydrogen-bond acceptors (Lipinski definition) is 1. The molecule has 1 unspecified atom stereocenters. The molecule has 0 aliphatic carbocycles. The van der Waals surface area contributed by atoms with Crippen molar-refractivity contribution in [1.29, 1.82) is 0 Å². The summed E-state index contributed by atoms with van der Waals surface area (Å²) < 4.78 is 26.2. The molecule has 0 aromatic heterocycles. The molecule has 106 valence electrons. The molecule has 0 saturated heterocycles. The molecule has 3 aromatic carbocycles. The van der Waals surface area contributed by atoms with Crippen molar-refractivity contribution in [2.75, 3.05) is 5.32 Å². The van der Waals surface area contributed by atoms with Gasteiger partial charge in [0.1, 0.15) is 0 Å². The second-order valence-corrected chi connectivity index (χ2v) is 5.10. The topological polar surface area (TPSA) is 12.0 Å². The molecule has 0 aliphatic rings. The average Bonchev–Trinajstić information content (AvgIpc) is 2.50. The highest BCUT2D eigenvalue weighted by molar-refractivity contribution is 5.83. The van der Waals surface area contributed by atoms with Crippen molar-refractivity contribution in [3.63, 3.8) is 0 Å². The van der Waals surface area contributed by atoms with E-state index in [4.69, 9.17) is 0 Å². The summed E-state index contributed by atoms with van der Waals surface area (Å²) >= 11 is 0. The van der Waals surface area contributed by atoms with Gasteiger partial charge in [-0.15, -0.1) is 0 Å². The van der Waals surface area contributed by atoms with Gasteiger partial charge < -0.3 is 5.32 Å². The Kier molecular flexibility index (Phi) is 3.57. The molecule has 3 heteroatoms. The van der Waals surface area contributed by atoms with Crippen LogP contribution in [0.2, 0.25) is 0 Å². The minimum absolute atomic E-state index is 0.000493. The van der Waals surface area contributed by atoms with Crippen LogP contribution in [0.5, 0.6) is 0 Å². The summed E-state index contributed by atoms with van der Waals surface area (Å²) in [5.74, 6) is -1.68. The van der Waals surface area contributed by atoms with E-state index in [1.807, 2.05) is 25.1 Å². The number of fused-ring (bicyclic) bond motifs is 1. The summed E-state index contributed by atoms with van der Waals surface area (Å²) in [7, 11) is 0. The van der Waals surface area contributed by atoms with Crippen molar-refractivity contribution in [2.45, 2.75) is 13.0 Å². The molecule has 0 aliphatic heterocycles. The van der Waals surface area contributed by atoms with E-state index in [9.17, 15) is 8.78 Å². The molecular weight excluding hydrogens is 268 g/mol. The standard InChI is InChI=1S/C18H15F2N/c1-12(21-16-8-9-17(19)18(20)11-16)14-7-6-13-4-2-3-5-15(13)10-14/h2-12,21H,1H3. The minimum Gasteiger partial charge on any atom is -0.378 e. The molecule has 21 heavy (non-hydrogen) atoms. The molecular formula is C18H15F2N. The number of hydrogen-bond donors (Lipinski definition) is 1. The lowest BCUT2D eigenvalue weighted by Crippen LogP contribution is -2.07. The fraction of sp³-hybridized carbons (Fsp3) is 0.111. The quantitative estimate of drug-likeness (QED) is 0.688. The second-order valence-electron chi connectivity index (χ2n) is 5.10. The fourth-order valence-corrected chi connectivity index (χ4v) is 2.40. The Labute approximate surface area is 122 Å². The first-order chi connectivity index (χ1) is 10.1. The lowest BCUT2D eigenvalue weighted by molar-refractivity contribution is 0.509. The summed E-state index contributed by atoms with van der Waals surface area (Å²) in [5, 5.41) is 5.53. The first-order valence-electron chi connectivity index (χ1n) is 6.84. The Morgan fingerprint density at radius 2 is 1.57 bits per heavy atom. The zero-order chi connectivity index (χ0) is 14.8. The summed E-state index contributed by atoms with van der Waals surface area (Å²) in [6.07, 6.45) is 0. The van der Waals surface area contributed by atoms with Crippen LogP contribution in [0.25, 0.3) is 10.8 Å². The van der Waals surface area contributed by atoms with Gasteiger partial charge in [-0.05, 0) is 41.5 Å². The Bertz CT molecular complexity index is 783. The van der Waals surface area contributed by atoms with Crippen molar-refractivity contribution < 1.29 is 8.78 Å². The van der Waals surface area contributed by atoms with Gasteiger partial charge in [0.05, 0.1) is 0 Å². The van der Waals surface area contributed by atoms with Crippen molar-refractivity contribution in [3.05, 3.63) is 77.9 Å². The van der Waals surface area contributed by atoms with Crippen LogP contribution in [0.15, 0.2) is 60.7 Å². The molecule has 1 atom stereocenters. The van der Waals surface area contributed by atoms with Crippen molar-refractivity contribution in [2.24, 2.45) is 0 Å². The van der Waals surface area contributed by atoms with Gasteiger partial charge in [0.2, 0.25) is 0 Å². The number of benzene rings is 3. The highest BCUT2D eigenvalue weighted by atomic mass is 19.2. The summed E-state index contributed by atoms with van der Waals surface area (Å²) in [5.41, 5.74) is 1.66. The van der Waals surface area contributed by atoms with E-state index in [1.165, 1.54) is 17.5 Å². The van der Waals surface area contributed by atoms with Gasteiger partial charge >= 0.3 is 0 Å². The fourth-order valence-electron chi connectivity index (χ4n) is 2.40. The molecule has 3 aromatic rings. The first kappa shape index (κ1) is 13.6. The van der Waals surface area contributed by atoms with Crippen molar-refractivity contribution in [3.8, 4) is 0 Å². The molecule has 0 saturated carbocycles. The van der Waals surface area contributed by atoms with Crippen LogP contribution >= 0.6 is 0 Å². The smallest absolute Gasteiger partial charge is 0.160 e. The van der Waals surface area contributed by atoms with Crippen LogP contribution in [0, 0.1) is 11.6 Å². The van der Waals surface area contributed by atoms with Crippen LogP contribution in [-0.4, -0.2) is 0 Å². The third-order valence-corrected chi connectivity index (χ3v) is 3.58. The van der Waals surface area contributed by atoms with Crippen molar-refractivity contribution >= 4 is 16.5 Å². The summed E-state index contributed by atoms with van der Waals surface area (Å²) in [6, 6.07) is 18.2. The Hall–Kier alpha value is -2.42. The minimum atomic E-state index is -0.842. The normalized spacial score (nSPS) is 12.3. The number of halogens is 2. The van der Waals surface area contributed by atoms with Crippen molar-refractivity contribution in [1.82, 2.24) is 0 Å². The van der Waals surface area contributed by atoms with Crippen LogP contribution in [-0.2, 0) is 0 Å². The van der Waals surface area contributed by atoms with E-state index < -0.39 is 11.6 Å². The van der Waals surface area contributed by atoms with Gasteiger partial charge in [-0.2, -0.15) is 0 Å². The van der Waals surface area contributed by atoms with Gasteiger partial charge in [-0.25, -0.2) is 8.78 Å². The number of nitrogens with one attached hydrogen (secondary N) is 1. The van der Waals surface area contributed by atoms with E-state index in [0.717, 1.165) is 17.0 Å². The van der Waals surface area contributed by atoms with Gasteiger partial charge in [-0.3, -0.25) is 0 Å². The summed E-state index contributed by atoms with van der Waals surface area (Å²) in [6.45, 7) is 1.99. The Morgan fingerprint density at radius 1 is 0.810 bits per heavy atom. The van der Waals surface area contributed by atoms with Crippen LogP contribution in [0.3, 0.4) is 0 Å². The maximum atomic E-state index is 13.2. The monoisotopic (exact) mass is 283 g/mol. The Morgan fingerprint density at radius 3 is 2.33 bits per heavy atom. The van der Waals surface area contributed by atoms with E-state index in [2.05, 4.69) is 29.6 Å². The van der Waals surface area contributed by atoms with Gasteiger partial charge in [0.25, 0.3) is 0 Å². The second kappa shape index (κ2) is 5.52. The zero-order valence-corrected chi connectivity index (χ0v) is 11.6. The van der Waals surface area contributed by atoms with E-state index in [1.54, 1.807) is 0 Å². The SMILES string of the molecule is CC(Nc1ccc(F)c(F)c1)c1ccc2ccccc2c1. The molecule has 0 spiro atoms. The molecule has 1 nitrogen and oxygen atoms in total. The predicted octanol–water partition coefficient (Wildman–Crippen LogP) is 5.29. The lowest BCUT2D eigenvalue weighted by atomic mass is 10.0. The third kappa shape index (κ3) is 2.87. The Balaban J connectivity index is 1.85. The predicted molar refractivity (Wildman–Crippen MR) is 82.3 cm³/mol. The lowest BCUT2D eigenvalue weighted by Gasteiger charge is -2.16. The highest BCUT2D eigenvalue weighted by Crippen LogP contribution is 2.24. The maximum Gasteiger partial charge on any atom is 0.160 e. The number of rotatable bonds is 3.